The third kappa shape index (κ3) is 5.17. The summed E-state index contributed by atoms with van der Waals surface area (Å²) in [5, 5.41) is 2.85. The second-order valence-electron chi connectivity index (χ2n) is 6.59. The molecule has 0 bridgehead atoms. The van der Waals surface area contributed by atoms with E-state index in [4.69, 9.17) is 9.47 Å². The highest BCUT2D eigenvalue weighted by molar-refractivity contribution is 5.75. The normalized spacial score (nSPS) is 16.3. The summed E-state index contributed by atoms with van der Waals surface area (Å²) in [6, 6.07) is 7.63. The molecule has 1 aliphatic heterocycles. The van der Waals surface area contributed by atoms with Crippen LogP contribution in [-0.2, 0) is 22.7 Å². The van der Waals surface area contributed by atoms with E-state index < -0.39 is 5.82 Å². The Labute approximate surface area is 156 Å². The van der Waals surface area contributed by atoms with Crippen LogP contribution in [0, 0.1) is 12.7 Å². The minimum Gasteiger partial charge on any atom is -0.483 e. The average Bonchev–Trinajstić information content (AvgIpc) is 3.16. The molecule has 1 N–H and O–H groups in total. The van der Waals surface area contributed by atoms with Crippen LogP contribution in [-0.4, -0.2) is 29.7 Å². The second-order valence-corrected chi connectivity index (χ2v) is 6.59. The van der Waals surface area contributed by atoms with Crippen molar-refractivity contribution in [2.45, 2.75) is 39.0 Å². The van der Waals surface area contributed by atoms with Gasteiger partial charge in [-0.3, -0.25) is 9.59 Å². The first-order valence-electron chi connectivity index (χ1n) is 8.98. The molecule has 3 rings (SSSR count). The Morgan fingerprint density at radius 1 is 1.41 bits per heavy atom. The van der Waals surface area contributed by atoms with Crippen LogP contribution >= 0.6 is 0 Å². The Morgan fingerprint density at radius 3 is 2.96 bits per heavy atom. The van der Waals surface area contributed by atoms with E-state index in [1.165, 1.54) is 18.3 Å². The summed E-state index contributed by atoms with van der Waals surface area (Å²) in [4.78, 5) is 24.3. The zero-order valence-corrected chi connectivity index (χ0v) is 15.2. The largest absolute Gasteiger partial charge is 0.483 e. The molecule has 1 aliphatic rings. The molecule has 2 aromatic rings. The quantitative estimate of drug-likeness (QED) is 0.806. The van der Waals surface area contributed by atoms with Gasteiger partial charge in [0.2, 0.25) is 11.3 Å². The Hall–Kier alpha value is -2.67. The molecule has 0 spiro atoms. The molecule has 1 fully saturated rings. The molecule has 1 aromatic carbocycles. The zero-order valence-electron chi connectivity index (χ0n) is 15.2. The fourth-order valence-corrected chi connectivity index (χ4v) is 2.94. The molecule has 144 valence electrons. The lowest BCUT2D eigenvalue weighted by Crippen LogP contribution is -2.34. The molecule has 27 heavy (non-hydrogen) atoms. The molecule has 0 saturated carbocycles. The number of ether oxygens (including phenoxy) is 2. The van der Waals surface area contributed by atoms with Crippen LogP contribution in [0.1, 0.15) is 24.1 Å². The van der Waals surface area contributed by atoms with Gasteiger partial charge in [0.1, 0.15) is 19.0 Å². The van der Waals surface area contributed by atoms with Gasteiger partial charge >= 0.3 is 0 Å². The lowest BCUT2D eigenvalue weighted by molar-refractivity contribution is -0.122. The number of aryl methyl sites for hydroxylation is 1. The van der Waals surface area contributed by atoms with Crippen molar-refractivity contribution in [1.82, 2.24) is 9.88 Å². The van der Waals surface area contributed by atoms with Crippen molar-refractivity contribution in [3.63, 3.8) is 0 Å². The molecule has 1 aromatic heterocycles. The van der Waals surface area contributed by atoms with Crippen LogP contribution < -0.4 is 15.5 Å². The van der Waals surface area contributed by atoms with Gasteiger partial charge in [-0.2, -0.15) is 0 Å². The Bertz CT molecular complexity index is 859. The summed E-state index contributed by atoms with van der Waals surface area (Å²) in [5.41, 5.74) is 0.698. The van der Waals surface area contributed by atoms with E-state index in [9.17, 15) is 14.0 Å². The fraction of sp³-hybridized carbons (Fsp3) is 0.400. The maximum Gasteiger partial charge on any atom is 0.240 e. The second kappa shape index (κ2) is 8.81. The number of carbonyl (C=O) groups is 1. The minimum atomic E-state index is -0.390. The number of pyridine rings is 1. The van der Waals surface area contributed by atoms with Crippen molar-refractivity contribution >= 4 is 5.91 Å². The number of halogens is 1. The first-order chi connectivity index (χ1) is 13.0. The predicted octanol–water partition coefficient (Wildman–Crippen LogP) is 2.17. The van der Waals surface area contributed by atoms with Crippen molar-refractivity contribution in [3.05, 3.63) is 63.8 Å². The number of hydrogen-bond donors (Lipinski definition) is 1. The van der Waals surface area contributed by atoms with Crippen molar-refractivity contribution in [2.75, 3.05) is 13.2 Å². The SMILES string of the molecule is Cc1cc(=O)c(OCc2ccccc2F)cn1CC(=O)NC[C@@H]1CCCO1. The van der Waals surface area contributed by atoms with Gasteiger partial charge in [-0.25, -0.2) is 4.39 Å². The number of nitrogens with one attached hydrogen (secondary N) is 1. The molecule has 1 atom stereocenters. The van der Waals surface area contributed by atoms with Crippen LogP contribution in [0.15, 0.2) is 41.3 Å². The van der Waals surface area contributed by atoms with Crippen LogP contribution in [0.3, 0.4) is 0 Å². The maximum absolute atomic E-state index is 13.7. The summed E-state index contributed by atoms with van der Waals surface area (Å²) < 4.78 is 26.3. The number of hydrogen-bond acceptors (Lipinski definition) is 4. The van der Waals surface area contributed by atoms with Gasteiger partial charge in [-0.05, 0) is 25.8 Å². The Kier molecular flexibility index (Phi) is 6.24. The number of rotatable bonds is 7. The van der Waals surface area contributed by atoms with Crippen molar-refractivity contribution < 1.29 is 18.7 Å². The van der Waals surface area contributed by atoms with E-state index in [-0.39, 0.29) is 36.3 Å². The highest BCUT2D eigenvalue weighted by atomic mass is 19.1. The molecule has 0 unspecified atom stereocenters. The van der Waals surface area contributed by atoms with Crippen LogP contribution in [0.4, 0.5) is 4.39 Å². The van der Waals surface area contributed by atoms with Crippen molar-refractivity contribution in [2.24, 2.45) is 0 Å². The fourth-order valence-electron chi connectivity index (χ4n) is 2.94. The summed E-state index contributed by atoms with van der Waals surface area (Å²) in [5.74, 6) is -0.480. The lowest BCUT2D eigenvalue weighted by Gasteiger charge is -2.15. The molecular formula is C20H23FN2O4. The van der Waals surface area contributed by atoms with Gasteiger partial charge in [0.15, 0.2) is 5.75 Å². The van der Waals surface area contributed by atoms with Gasteiger partial charge < -0.3 is 19.4 Å². The molecule has 1 saturated heterocycles. The number of amides is 1. The molecule has 6 nitrogen and oxygen atoms in total. The molecule has 7 heteroatoms. The molecule has 0 radical (unpaired) electrons. The third-order valence-electron chi connectivity index (χ3n) is 4.51. The molecule has 0 aliphatic carbocycles. The Morgan fingerprint density at radius 2 is 2.22 bits per heavy atom. The van der Waals surface area contributed by atoms with E-state index in [1.807, 2.05) is 0 Å². The van der Waals surface area contributed by atoms with E-state index in [0.29, 0.717) is 17.8 Å². The van der Waals surface area contributed by atoms with Gasteiger partial charge in [0, 0.05) is 30.5 Å². The zero-order chi connectivity index (χ0) is 19.2. The van der Waals surface area contributed by atoms with Gasteiger partial charge in [0.05, 0.1) is 12.3 Å². The van der Waals surface area contributed by atoms with Crippen LogP contribution in [0.5, 0.6) is 5.75 Å². The summed E-state index contributed by atoms with van der Waals surface area (Å²) in [6.07, 6.45) is 3.53. The first kappa shape index (κ1) is 19.1. The van der Waals surface area contributed by atoms with Gasteiger partial charge in [-0.15, -0.1) is 0 Å². The van der Waals surface area contributed by atoms with E-state index in [1.54, 1.807) is 29.7 Å². The summed E-state index contributed by atoms with van der Waals surface area (Å²) in [6.45, 7) is 2.97. The van der Waals surface area contributed by atoms with Gasteiger partial charge in [0.25, 0.3) is 0 Å². The maximum atomic E-state index is 13.7. The van der Waals surface area contributed by atoms with E-state index in [0.717, 1.165) is 19.4 Å². The highest BCUT2D eigenvalue weighted by Gasteiger charge is 2.16. The summed E-state index contributed by atoms with van der Waals surface area (Å²) in [7, 11) is 0. The monoisotopic (exact) mass is 374 g/mol. The lowest BCUT2D eigenvalue weighted by atomic mass is 10.2. The number of nitrogens with zero attached hydrogens (tertiary/aromatic N) is 1. The Balaban J connectivity index is 1.63. The topological polar surface area (TPSA) is 69.6 Å². The van der Waals surface area contributed by atoms with Gasteiger partial charge in [-0.1, -0.05) is 18.2 Å². The molecular weight excluding hydrogens is 351 g/mol. The van der Waals surface area contributed by atoms with Crippen molar-refractivity contribution in [3.8, 4) is 5.75 Å². The third-order valence-corrected chi connectivity index (χ3v) is 4.51. The first-order valence-corrected chi connectivity index (χ1v) is 8.98. The molecule has 1 amide bonds. The summed E-state index contributed by atoms with van der Waals surface area (Å²) >= 11 is 0. The average molecular weight is 374 g/mol. The van der Waals surface area contributed by atoms with Crippen LogP contribution in [0.25, 0.3) is 0 Å². The number of aromatic nitrogens is 1. The van der Waals surface area contributed by atoms with E-state index in [2.05, 4.69) is 5.32 Å². The smallest absolute Gasteiger partial charge is 0.240 e. The standard InChI is InChI=1S/C20H23FN2O4/c1-14-9-18(24)19(27-13-15-5-2-3-7-17(15)21)11-23(14)12-20(25)22-10-16-6-4-8-26-16/h2-3,5,7,9,11,16H,4,6,8,10,12-13H2,1H3,(H,22,25)/t16-/m0/s1. The molecule has 2 heterocycles. The van der Waals surface area contributed by atoms with Crippen molar-refractivity contribution in [1.29, 1.82) is 0 Å². The van der Waals surface area contributed by atoms with Crippen LogP contribution in [0.2, 0.25) is 0 Å². The highest BCUT2D eigenvalue weighted by Crippen LogP contribution is 2.13. The van der Waals surface area contributed by atoms with E-state index >= 15 is 0 Å². The minimum absolute atomic E-state index is 0.0593. The number of benzene rings is 1. The number of carbonyl (C=O) groups excluding carboxylic acids is 1. The predicted molar refractivity (Wildman–Crippen MR) is 98.2 cm³/mol.